The number of nitrogens with two attached hydrogens (primary N) is 1. The van der Waals surface area contributed by atoms with Crippen LogP contribution in [0, 0.1) is 0 Å². The van der Waals surface area contributed by atoms with E-state index in [0.717, 1.165) is 52.0 Å². The Morgan fingerprint density at radius 3 is 2.93 bits per heavy atom. The highest BCUT2D eigenvalue weighted by Gasteiger charge is 2.41. The van der Waals surface area contributed by atoms with Crippen molar-refractivity contribution in [2.45, 2.75) is 37.4 Å². The summed E-state index contributed by atoms with van der Waals surface area (Å²) in [6.07, 6.45) is 4.58. The average molecular weight is 214 g/mol. The third-order valence-electron chi connectivity index (χ3n) is 3.39. The fourth-order valence-corrected chi connectivity index (χ4v) is 2.47. The summed E-state index contributed by atoms with van der Waals surface area (Å²) in [6.45, 7) is 4.41. The molecule has 0 bridgehead atoms. The van der Waals surface area contributed by atoms with E-state index < -0.39 is 0 Å². The van der Waals surface area contributed by atoms with Crippen LogP contribution in [-0.2, 0) is 9.47 Å². The Hall–Kier alpha value is -0.160. The van der Waals surface area contributed by atoms with E-state index in [1.54, 1.807) is 0 Å². The summed E-state index contributed by atoms with van der Waals surface area (Å²) in [4.78, 5) is 0. The van der Waals surface area contributed by atoms with Crippen LogP contribution in [0.4, 0.5) is 0 Å². The van der Waals surface area contributed by atoms with E-state index in [-0.39, 0.29) is 5.60 Å². The lowest BCUT2D eigenvalue weighted by atomic mass is 9.89. The topological polar surface area (TPSA) is 56.5 Å². The normalized spacial score (nSPS) is 29.8. The van der Waals surface area contributed by atoms with E-state index in [1.807, 2.05) is 0 Å². The molecule has 0 aliphatic carbocycles. The molecule has 4 heteroatoms. The van der Waals surface area contributed by atoms with Crippen molar-refractivity contribution in [3.8, 4) is 0 Å². The van der Waals surface area contributed by atoms with Crippen LogP contribution < -0.4 is 11.1 Å². The van der Waals surface area contributed by atoms with Crippen molar-refractivity contribution in [1.29, 1.82) is 0 Å². The summed E-state index contributed by atoms with van der Waals surface area (Å²) < 4.78 is 11.7. The Balaban J connectivity index is 1.73. The molecule has 2 aliphatic rings. The van der Waals surface area contributed by atoms with Gasteiger partial charge in [-0.25, -0.2) is 0 Å². The molecule has 0 radical (unpaired) electrons. The highest BCUT2D eigenvalue weighted by Crippen LogP contribution is 2.35. The van der Waals surface area contributed by atoms with Crippen LogP contribution in [-0.4, -0.2) is 44.6 Å². The van der Waals surface area contributed by atoms with E-state index >= 15 is 0 Å². The van der Waals surface area contributed by atoms with Crippen molar-refractivity contribution in [1.82, 2.24) is 5.32 Å². The largest absolute Gasteiger partial charge is 0.376 e. The van der Waals surface area contributed by atoms with Gasteiger partial charge in [0.25, 0.3) is 0 Å². The Morgan fingerprint density at radius 2 is 2.20 bits per heavy atom. The fraction of sp³-hybridized carbons (Fsp3) is 1.00. The molecule has 15 heavy (non-hydrogen) atoms. The van der Waals surface area contributed by atoms with Crippen molar-refractivity contribution in [3.63, 3.8) is 0 Å². The van der Waals surface area contributed by atoms with Crippen LogP contribution in [0.1, 0.15) is 25.7 Å². The Labute approximate surface area is 91.5 Å². The SMILES string of the molecule is NCCCOC1COC2(CCNCC2)C1. The average Bonchev–Trinajstić information content (AvgIpc) is 2.63. The molecule has 0 aromatic rings. The highest BCUT2D eigenvalue weighted by atomic mass is 16.6. The van der Waals surface area contributed by atoms with Crippen LogP contribution in [0.3, 0.4) is 0 Å². The van der Waals surface area contributed by atoms with Crippen molar-refractivity contribution in [2.24, 2.45) is 5.73 Å². The standard InChI is InChI=1S/C11H22N2O2/c12-4-1-7-14-10-8-11(15-9-10)2-5-13-6-3-11/h10,13H,1-9,12H2. The monoisotopic (exact) mass is 214 g/mol. The highest BCUT2D eigenvalue weighted by molar-refractivity contribution is 4.93. The van der Waals surface area contributed by atoms with E-state index in [1.165, 1.54) is 0 Å². The lowest BCUT2D eigenvalue weighted by molar-refractivity contribution is -0.0233. The predicted molar refractivity (Wildman–Crippen MR) is 58.8 cm³/mol. The lowest BCUT2D eigenvalue weighted by Gasteiger charge is -2.32. The van der Waals surface area contributed by atoms with Gasteiger partial charge in [-0.1, -0.05) is 0 Å². The van der Waals surface area contributed by atoms with E-state index in [9.17, 15) is 0 Å². The summed E-state index contributed by atoms with van der Waals surface area (Å²) >= 11 is 0. The van der Waals surface area contributed by atoms with Gasteiger partial charge in [0.2, 0.25) is 0 Å². The van der Waals surface area contributed by atoms with Crippen molar-refractivity contribution in [3.05, 3.63) is 0 Å². The summed E-state index contributed by atoms with van der Waals surface area (Å²) in [6, 6.07) is 0. The van der Waals surface area contributed by atoms with Gasteiger partial charge in [0, 0.05) is 13.0 Å². The zero-order chi connectivity index (χ0) is 10.6. The molecule has 0 saturated carbocycles. The van der Waals surface area contributed by atoms with Gasteiger partial charge in [-0.2, -0.15) is 0 Å². The molecule has 2 heterocycles. The number of hydrogen-bond donors (Lipinski definition) is 2. The van der Waals surface area contributed by atoms with Crippen molar-refractivity contribution >= 4 is 0 Å². The van der Waals surface area contributed by atoms with Gasteiger partial charge in [-0.05, 0) is 38.9 Å². The van der Waals surface area contributed by atoms with Crippen LogP contribution in [0.25, 0.3) is 0 Å². The third kappa shape index (κ3) is 2.91. The van der Waals surface area contributed by atoms with Gasteiger partial charge < -0.3 is 20.5 Å². The molecule has 88 valence electrons. The summed E-state index contributed by atoms with van der Waals surface area (Å²) in [5, 5.41) is 3.37. The van der Waals surface area contributed by atoms with E-state index in [0.29, 0.717) is 12.6 Å². The zero-order valence-corrected chi connectivity index (χ0v) is 9.34. The first-order valence-corrected chi connectivity index (χ1v) is 6.01. The van der Waals surface area contributed by atoms with Crippen LogP contribution in [0.15, 0.2) is 0 Å². The molecule has 2 saturated heterocycles. The van der Waals surface area contributed by atoms with Crippen molar-refractivity contribution in [2.75, 3.05) is 32.8 Å². The summed E-state index contributed by atoms with van der Waals surface area (Å²) in [5.74, 6) is 0. The number of piperidine rings is 1. The van der Waals surface area contributed by atoms with Gasteiger partial charge in [-0.3, -0.25) is 0 Å². The maximum Gasteiger partial charge on any atom is 0.0836 e. The maximum absolute atomic E-state index is 5.93. The minimum absolute atomic E-state index is 0.124. The number of hydrogen-bond acceptors (Lipinski definition) is 4. The summed E-state index contributed by atoms with van der Waals surface area (Å²) in [5.41, 5.74) is 5.55. The fourth-order valence-electron chi connectivity index (χ4n) is 2.47. The Bertz CT molecular complexity index is 191. The molecule has 4 nitrogen and oxygen atoms in total. The molecule has 0 aromatic carbocycles. The first-order chi connectivity index (χ1) is 7.35. The second-order valence-electron chi connectivity index (χ2n) is 4.58. The minimum Gasteiger partial charge on any atom is -0.376 e. The molecule has 3 N–H and O–H groups in total. The summed E-state index contributed by atoms with van der Waals surface area (Å²) in [7, 11) is 0. The third-order valence-corrected chi connectivity index (χ3v) is 3.39. The molecule has 0 aromatic heterocycles. The van der Waals surface area contributed by atoms with Crippen LogP contribution in [0.2, 0.25) is 0 Å². The molecule has 0 amide bonds. The van der Waals surface area contributed by atoms with E-state index in [4.69, 9.17) is 15.2 Å². The molecule has 2 rings (SSSR count). The maximum atomic E-state index is 5.93. The van der Waals surface area contributed by atoms with Crippen molar-refractivity contribution < 1.29 is 9.47 Å². The lowest BCUT2D eigenvalue weighted by Crippen LogP contribution is -2.41. The van der Waals surface area contributed by atoms with Gasteiger partial charge in [-0.15, -0.1) is 0 Å². The van der Waals surface area contributed by atoms with Gasteiger partial charge in [0.15, 0.2) is 0 Å². The first-order valence-electron chi connectivity index (χ1n) is 6.01. The minimum atomic E-state index is 0.124. The van der Waals surface area contributed by atoms with Gasteiger partial charge >= 0.3 is 0 Å². The molecular formula is C11H22N2O2. The molecule has 1 atom stereocenters. The number of ether oxygens (including phenoxy) is 2. The predicted octanol–water partition coefficient (Wildman–Crippen LogP) is 0.263. The first kappa shape index (κ1) is 11.3. The second kappa shape index (κ2) is 5.25. The molecule has 2 fully saturated rings. The Kier molecular flexibility index (Phi) is 3.97. The number of rotatable bonds is 4. The quantitative estimate of drug-likeness (QED) is 0.659. The van der Waals surface area contributed by atoms with E-state index in [2.05, 4.69) is 5.32 Å². The van der Waals surface area contributed by atoms with Gasteiger partial charge in [0.05, 0.1) is 18.3 Å². The molecule has 1 spiro atoms. The number of nitrogens with one attached hydrogen (secondary N) is 1. The Morgan fingerprint density at radius 1 is 1.40 bits per heavy atom. The van der Waals surface area contributed by atoms with Crippen LogP contribution in [0.5, 0.6) is 0 Å². The van der Waals surface area contributed by atoms with Crippen LogP contribution >= 0.6 is 0 Å². The second-order valence-corrected chi connectivity index (χ2v) is 4.58. The zero-order valence-electron chi connectivity index (χ0n) is 9.34. The van der Waals surface area contributed by atoms with Gasteiger partial charge in [0.1, 0.15) is 0 Å². The smallest absolute Gasteiger partial charge is 0.0836 e. The molecule has 1 unspecified atom stereocenters. The molecular weight excluding hydrogens is 192 g/mol. The molecule has 2 aliphatic heterocycles.